The predicted octanol–water partition coefficient (Wildman–Crippen LogP) is 8.38. The highest BCUT2D eigenvalue weighted by molar-refractivity contribution is 6.35. The molecule has 0 radical (unpaired) electrons. The Morgan fingerprint density at radius 3 is 1.95 bits per heavy atom. The van der Waals surface area contributed by atoms with E-state index < -0.39 is 0 Å². The minimum atomic E-state index is 0.0839. The van der Waals surface area contributed by atoms with Crippen molar-refractivity contribution < 1.29 is 9.36 Å². The minimum Gasteiger partial charge on any atom is -0.372 e. The lowest BCUT2D eigenvalue weighted by atomic mass is 9.87. The van der Waals surface area contributed by atoms with Crippen molar-refractivity contribution in [2.75, 3.05) is 11.9 Å². The summed E-state index contributed by atoms with van der Waals surface area (Å²) in [4.78, 5) is 16.8. The van der Waals surface area contributed by atoms with Gasteiger partial charge in [-0.1, -0.05) is 53.6 Å². The van der Waals surface area contributed by atoms with Crippen LogP contribution in [0.3, 0.4) is 0 Å². The summed E-state index contributed by atoms with van der Waals surface area (Å²) >= 11 is 0. The number of fused-ring (bicyclic) bond motifs is 2. The van der Waals surface area contributed by atoms with Crippen LogP contribution < -0.4 is 9.47 Å². The van der Waals surface area contributed by atoms with E-state index in [1.54, 1.807) is 0 Å². The van der Waals surface area contributed by atoms with Gasteiger partial charge in [-0.15, -0.1) is 0 Å². The molecule has 3 aromatic carbocycles. The zero-order chi connectivity index (χ0) is 29.9. The number of carbonyl (C=O) groups is 1. The van der Waals surface area contributed by atoms with Crippen molar-refractivity contribution in [3.63, 3.8) is 0 Å². The summed E-state index contributed by atoms with van der Waals surface area (Å²) < 4.78 is 2.12. The lowest BCUT2D eigenvalue weighted by Crippen LogP contribution is -2.35. The molecule has 1 aromatic heterocycles. The van der Waals surface area contributed by atoms with E-state index in [1.165, 1.54) is 45.5 Å². The third-order valence-electron chi connectivity index (χ3n) is 9.20. The summed E-state index contributed by atoms with van der Waals surface area (Å²) in [6.07, 6.45) is 8.67. The van der Waals surface area contributed by atoms with Gasteiger partial charge in [0.25, 0.3) is 11.5 Å². The van der Waals surface area contributed by atoms with Gasteiger partial charge in [0.2, 0.25) is 5.70 Å². The first-order chi connectivity index (χ1) is 20.0. The van der Waals surface area contributed by atoms with Gasteiger partial charge in [0, 0.05) is 30.9 Å². The van der Waals surface area contributed by atoms with Crippen molar-refractivity contribution in [2.24, 2.45) is 0 Å². The highest BCUT2D eigenvalue weighted by atomic mass is 16.1. The lowest BCUT2D eigenvalue weighted by Gasteiger charge is -2.34. The van der Waals surface area contributed by atoms with E-state index in [4.69, 9.17) is 0 Å². The molecule has 1 unspecified atom stereocenters. The Bertz CT molecular complexity index is 1790. The van der Waals surface area contributed by atoms with Crippen LogP contribution in [0.1, 0.15) is 85.0 Å². The van der Waals surface area contributed by atoms with Crippen molar-refractivity contribution in [2.45, 2.75) is 67.3 Å². The molecule has 0 aliphatic carbocycles. The van der Waals surface area contributed by atoms with Gasteiger partial charge in [0.05, 0.1) is 5.56 Å². The van der Waals surface area contributed by atoms with Crippen molar-refractivity contribution >= 4 is 34.9 Å². The summed E-state index contributed by atoms with van der Waals surface area (Å²) in [5.41, 5.74) is 16.7. The molecular formula is C39H41N2O+. The molecule has 0 bridgehead atoms. The maximum absolute atomic E-state index is 14.4. The number of Topliss-reactive ketones (excluding diaryl/α,β-unsaturated/α-hetero) is 1. The fraction of sp³-hybridized carbons (Fsp3) is 0.282. The molecule has 0 saturated heterocycles. The van der Waals surface area contributed by atoms with E-state index in [-0.39, 0.29) is 5.78 Å². The van der Waals surface area contributed by atoms with Crippen LogP contribution in [0.5, 0.6) is 0 Å². The Kier molecular flexibility index (Phi) is 7.01. The van der Waals surface area contributed by atoms with E-state index in [2.05, 4.69) is 138 Å². The molecule has 3 heteroatoms. The maximum atomic E-state index is 14.4. The van der Waals surface area contributed by atoms with Gasteiger partial charge >= 0.3 is 0 Å². The van der Waals surface area contributed by atoms with E-state index in [0.29, 0.717) is 11.7 Å². The number of hydrogen-bond acceptors (Lipinski definition) is 2. The zero-order valence-corrected chi connectivity index (χ0v) is 26.2. The first-order valence-corrected chi connectivity index (χ1v) is 15.1. The van der Waals surface area contributed by atoms with Crippen molar-refractivity contribution in [1.82, 2.24) is 0 Å². The van der Waals surface area contributed by atoms with Crippen molar-refractivity contribution in [3.05, 3.63) is 128 Å². The molecule has 1 atom stereocenters. The third-order valence-corrected chi connectivity index (χ3v) is 9.20. The highest BCUT2D eigenvalue weighted by Crippen LogP contribution is 2.38. The fourth-order valence-corrected chi connectivity index (χ4v) is 7.19. The number of ketones is 1. The monoisotopic (exact) mass is 553 g/mol. The molecular weight excluding hydrogens is 512 g/mol. The number of pyridine rings is 1. The van der Waals surface area contributed by atoms with E-state index in [1.807, 2.05) is 0 Å². The number of benzene rings is 3. The summed E-state index contributed by atoms with van der Waals surface area (Å²) in [6.45, 7) is 15.1. The van der Waals surface area contributed by atoms with Gasteiger partial charge in [-0.2, -0.15) is 4.57 Å². The molecule has 0 spiro atoms. The molecule has 0 amide bonds. The van der Waals surface area contributed by atoms with Crippen LogP contribution in [0.2, 0.25) is 0 Å². The van der Waals surface area contributed by atoms with Crippen LogP contribution in [-0.4, -0.2) is 18.9 Å². The summed E-state index contributed by atoms with van der Waals surface area (Å²) in [7, 11) is 2.19. The van der Waals surface area contributed by atoms with Crippen molar-refractivity contribution in [1.29, 1.82) is 0 Å². The Labute approximate surface area is 250 Å². The highest BCUT2D eigenvalue weighted by Gasteiger charge is 2.42. The molecule has 0 N–H and O–H groups in total. The molecule has 42 heavy (non-hydrogen) atoms. The summed E-state index contributed by atoms with van der Waals surface area (Å²) in [6, 6.07) is 20.3. The second-order valence-electron chi connectivity index (χ2n) is 12.5. The van der Waals surface area contributed by atoms with Crippen LogP contribution in [0, 0.1) is 41.5 Å². The molecule has 3 nitrogen and oxygen atoms in total. The smallest absolute Gasteiger partial charge is 0.264 e. The van der Waals surface area contributed by atoms with Crippen LogP contribution in [0.25, 0.3) is 23.4 Å². The van der Waals surface area contributed by atoms with Gasteiger partial charge in [-0.3, -0.25) is 4.79 Å². The van der Waals surface area contributed by atoms with Crippen LogP contribution in [-0.2, 0) is 6.42 Å². The third kappa shape index (κ3) is 4.71. The number of hydrogen-bond donors (Lipinski definition) is 0. The number of rotatable bonds is 4. The van der Waals surface area contributed by atoms with Gasteiger partial charge in [0.1, 0.15) is 5.57 Å². The fourth-order valence-electron chi connectivity index (χ4n) is 7.19. The number of aromatic nitrogens is 1. The normalized spacial score (nSPS) is 16.4. The second-order valence-corrected chi connectivity index (χ2v) is 12.5. The molecule has 0 fully saturated rings. The molecule has 3 heterocycles. The summed E-state index contributed by atoms with van der Waals surface area (Å²) in [5, 5.41) is 0. The SMILES string of the molecule is Cc1cc(C)c(C2=C(c3c(C)cc(C)cc3C)[n+]3ccc(C=Cc4ccc5c(c4)CCC(C)N5C)cc3C2=O)c(C)c1. The van der Waals surface area contributed by atoms with E-state index in [9.17, 15) is 4.79 Å². The Morgan fingerprint density at radius 1 is 0.762 bits per heavy atom. The Balaban J connectivity index is 1.45. The first-order valence-electron chi connectivity index (χ1n) is 15.1. The maximum Gasteiger partial charge on any atom is 0.264 e. The Morgan fingerprint density at radius 2 is 1.33 bits per heavy atom. The number of allylic oxidation sites excluding steroid dienone is 1. The van der Waals surface area contributed by atoms with Gasteiger partial charge in [-0.25, -0.2) is 0 Å². The average Bonchev–Trinajstić information content (AvgIpc) is 3.19. The molecule has 2 aliphatic heterocycles. The van der Waals surface area contributed by atoms with Crippen LogP contribution in [0.15, 0.2) is 60.8 Å². The van der Waals surface area contributed by atoms with Gasteiger partial charge in [0.15, 0.2) is 6.20 Å². The largest absolute Gasteiger partial charge is 0.372 e. The molecule has 0 saturated carbocycles. The summed E-state index contributed by atoms with van der Waals surface area (Å²) in [5.74, 6) is 0.0839. The zero-order valence-electron chi connectivity index (χ0n) is 26.2. The van der Waals surface area contributed by atoms with Gasteiger partial charge < -0.3 is 4.90 Å². The second kappa shape index (κ2) is 10.5. The number of anilines is 1. The van der Waals surface area contributed by atoms with Crippen LogP contribution >= 0.6 is 0 Å². The molecule has 4 aromatic rings. The number of carbonyl (C=O) groups excluding carboxylic acids is 1. The quantitative estimate of drug-likeness (QED) is 0.237. The molecule has 6 rings (SSSR count). The van der Waals surface area contributed by atoms with E-state index >= 15 is 0 Å². The average molecular weight is 554 g/mol. The van der Waals surface area contributed by atoms with E-state index in [0.717, 1.165) is 45.5 Å². The predicted molar refractivity (Wildman–Crippen MR) is 176 cm³/mol. The number of nitrogens with zero attached hydrogens (tertiary/aromatic N) is 2. The topological polar surface area (TPSA) is 24.2 Å². The minimum absolute atomic E-state index is 0.0839. The van der Waals surface area contributed by atoms with Gasteiger partial charge in [-0.05, 0) is 118 Å². The molecule has 212 valence electrons. The number of aryl methyl sites for hydroxylation is 7. The molecule has 2 aliphatic rings. The lowest BCUT2D eigenvalue weighted by molar-refractivity contribution is -0.577. The Hall–Kier alpha value is -4.24. The first kappa shape index (κ1) is 27.9. The van der Waals surface area contributed by atoms with Crippen LogP contribution in [0.4, 0.5) is 5.69 Å². The van der Waals surface area contributed by atoms with Crippen molar-refractivity contribution in [3.8, 4) is 0 Å². The standard InChI is InChI=1S/C39H41N2O/c1-23-17-25(3)35(26(4)18-23)37-38(36-27(5)19-24(2)20-28(36)6)41-16-15-31(22-34(41)39(37)42)11-10-30-12-14-33-32(21-30)13-9-29(7)40(33)8/h10-12,14-22,29H,9,13H2,1-8H3/q+1.